The first kappa shape index (κ1) is 50.5. The summed E-state index contributed by atoms with van der Waals surface area (Å²) >= 11 is 0. The zero-order chi connectivity index (χ0) is 42.6. The van der Waals surface area contributed by atoms with Gasteiger partial charge in [-0.05, 0) is 53.5 Å². The Morgan fingerprint density at radius 2 is 0.702 bits per heavy atom. The zero-order valence-electron chi connectivity index (χ0n) is 35.1. The number of hydrogen-bond acceptors (Lipinski definition) is 14. The molecule has 0 radical (unpaired) electrons. The molecule has 0 aliphatic heterocycles. The van der Waals surface area contributed by atoms with Gasteiger partial charge in [-0.15, -0.1) is 0 Å². The summed E-state index contributed by atoms with van der Waals surface area (Å²) in [6, 6.07) is 8.88. The highest BCUT2D eigenvalue weighted by Crippen LogP contribution is 2.15. The maximum Gasteiger partial charge on any atom is 0.347 e. The van der Waals surface area contributed by atoms with Crippen LogP contribution in [0.25, 0.3) is 0 Å². The predicted octanol–water partition coefficient (Wildman–Crippen LogP) is 7.58. The van der Waals surface area contributed by atoms with Crippen LogP contribution in [-0.4, -0.2) is 78.4 Å². The second kappa shape index (κ2) is 29.7. The molecule has 0 amide bonds. The molecule has 0 saturated carbocycles. The third-order valence-electron chi connectivity index (χ3n) is 8.97. The molecule has 6 atom stereocenters. The molecule has 0 heterocycles. The number of carbonyl (C=O) groups is 7. The van der Waals surface area contributed by atoms with Crippen LogP contribution in [0, 0.1) is 0 Å². The van der Waals surface area contributed by atoms with Crippen LogP contribution in [0.5, 0.6) is 0 Å². The van der Waals surface area contributed by atoms with E-state index in [9.17, 15) is 33.6 Å². The number of benzene rings is 1. The lowest BCUT2D eigenvalue weighted by Crippen LogP contribution is -2.39. The Morgan fingerprint density at radius 1 is 0.404 bits per heavy atom. The van der Waals surface area contributed by atoms with E-state index < -0.39 is 78.4 Å². The molecule has 0 fully saturated rings. The maximum atomic E-state index is 12.5. The summed E-state index contributed by atoms with van der Waals surface area (Å²) in [6.45, 7) is 9.60. The Labute approximate surface area is 338 Å². The van der Waals surface area contributed by atoms with Crippen molar-refractivity contribution in [2.24, 2.45) is 0 Å². The van der Waals surface area contributed by atoms with Gasteiger partial charge >= 0.3 is 41.8 Å². The first-order chi connectivity index (χ1) is 27.2. The van der Waals surface area contributed by atoms with E-state index >= 15 is 0 Å². The minimum absolute atomic E-state index is 0.0250. The van der Waals surface area contributed by atoms with E-state index in [4.69, 9.17) is 33.2 Å². The van der Waals surface area contributed by atoms with Gasteiger partial charge in [0, 0.05) is 6.42 Å². The zero-order valence-corrected chi connectivity index (χ0v) is 35.1. The van der Waals surface area contributed by atoms with E-state index in [0.717, 1.165) is 24.8 Å². The number of hydrogen-bond donors (Lipinski definition) is 0. The van der Waals surface area contributed by atoms with Crippen LogP contribution in [-0.2, 0) is 73.3 Å². The average molecular weight is 807 g/mol. The molecule has 1 rings (SSSR count). The number of carbonyl (C=O) groups excluding carboxylic acids is 7. The predicted molar refractivity (Wildman–Crippen MR) is 209 cm³/mol. The largest absolute Gasteiger partial charge is 0.458 e. The van der Waals surface area contributed by atoms with Crippen molar-refractivity contribution in [3.05, 3.63) is 35.9 Å². The third kappa shape index (κ3) is 23.4. The number of rotatable bonds is 30. The molecule has 57 heavy (non-hydrogen) atoms. The van der Waals surface area contributed by atoms with Gasteiger partial charge in [0.25, 0.3) is 0 Å². The Morgan fingerprint density at radius 3 is 1.05 bits per heavy atom. The van der Waals surface area contributed by atoms with Gasteiger partial charge in [-0.2, -0.15) is 0 Å². The average Bonchev–Trinajstić information content (AvgIpc) is 3.18. The summed E-state index contributed by atoms with van der Waals surface area (Å²) < 4.78 is 35.4. The normalized spacial score (nSPS) is 14.1. The van der Waals surface area contributed by atoms with Crippen molar-refractivity contribution >= 4 is 41.8 Å². The number of unbranched alkanes of at least 4 members (excludes halogenated alkanes) is 14. The summed E-state index contributed by atoms with van der Waals surface area (Å²) in [6.07, 6.45) is 9.68. The molecule has 0 unspecified atom stereocenters. The van der Waals surface area contributed by atoms with Gasteiger partial charge in [0.1, 0.15) is 6.61 Å². The van der Waals surface area contributed by atoms with E-state index in [1.807, 2.05) is 6.07 Å². The number of ether oxygens (including phenoxy) is 7. The van der Waals surface area contributed by atoms with Gasteiger partial charge in [-0.25, -0.2) is 28.8 Å². The van der Waals surface area contributed by atoms with E-state index in [1.54, 1.807) is 24.3 Å². The summed E-state index contributed by atoms with van der Waals surface area (Å²) in [7, 11) is 0. The van der Waals surface area contributed by atoms with Gasteiger partial charge in [0.15, 0.2) is 36.6 Å². The highest BCUT2D eigenvalue weighted by molar-refractivity contribution is 5.87. The molecule has 0 N–H and O–H groups in total. The minimum atomic E-state index is -1.53. The summed E-state index contributed by atoms with van der Waals surface area (Å²) in [5, 5.41) is 0. The highest BCUT2D eigenvalue weighted by Gasteiger charge is 2.32. The van der Waals surface area contributed by atoms with Crippen molar-refractivity contribution in [3.8, 4) is 0 Å². The van der Waals surface area contributed by atoms with Crippen LogP contribution in [0.3, 0.4) is 0 Å². The SMILES string of the molecule is CCCCCCCCCCCCCCCCCC(=O)O[C@@H](C)C(=O)O[C@@H](C)C(=O)O[C@@H](C)C(=O)O[C@@H](C)C(=O)O[C@@H](C)C(=O)O[C@@H](C)C(=O)OCc1ccccc1. The smallest absolute Gasteiger partial charge is 0.347 e. The molecule has 1 aromatic carbocycles. The first-order valence-electron chi connectivity index (χ1n) is 20.6. The van der Waals surface area contributed by atoms with Gasteiger partial charge in [-0.3, -0.25) is 4.79 Å². The molecule has 0 aliphatic carbocycles. The molecule has 14 heteroatoms. The van der Waals surface area contributed by atoms with Crippen LogP contribution in [0.1, 0.15) is 157 Å². The molecule has 0 spiro atoms. The first-order valence-corrected chi connectivity index (χ1v) is 20.6. The lowest BCUT2D eigenvalue weighted by atomic mass is 10.0. The van der Waals surface area contributed by atoms with Gasteiger partial charge in [-0.1, -0.05) is 127 Å². The summed E-state index contributed by atoms with van der Waals surface area (Å²) in [4.78, 5) is 86.8. The number of esters is 7. The lowest BCUT2D eigenvalue weighted by Gasteiger charge is -2.20. The molecule has 0 bridgehead atoms. The van der Waals surface area contributed by atoms with Crippen LogP contribution >= 0.6 is 0 Å². The molecule has 14 nitrogen and oxygen atoms in total. The van der Waals surface area contributed by atoms with Crippen molar-refractivity contribution in [1.82, 2.24) is 0 Å². The Hall–Kier alpha value is -4.49. The summed E-state index contributed by atoms with van der Waals surface area (Å²) in [5.41, 5.74) is 0.738. The minimum Gasteiger partial charge on any atom is -0.458 e. The summed E-state index contributed by atoms with van der Waals surface area (Å²) in [5.74, 6) is -6.70. The maximum absolute atomic E-state index is 12.5. The molecule has 0 aromatic heterocycles. The van der Waals surface area contributed by atoms with E-state index in [0.29, 0.717) is 6.42 Å². The van der Waals surface area contributed by atoms with Crippen molar-refractivity contribution in [3.63, 3.8) is 0 Å². The fraction of sp³-hybridized carbons (Fsp3) is 0.698. The quantitative estimate of drug-likeness (QED) is 0.0421. The van der Waals surface area contributed by atoms with Gasteiger partial charge in [0.2, 0.25) is 0 Å². The second-order valence-electron chi connectivity index (χ2n) is 14.3. The third-order valence-corrected chi connectivity index (χ3v) is 8.97. The van der Waals surface area contributed by atoms with E-state index in [2.05, 4.69) is 6.92 Å². The Balaban J connectivity index is 2.27. The highest BCUT2D eigenvalue weighted by atomic mass is 16.7. The van der Waals surface area contributed by atoms with Crippen LogP contribution < -0.4 is 0 Å². The fourth-order valence-corrected chi connectivity index (χ4v) is 5.38. The topological polar surface area (TPSA) is 184 Å². The van der Waals surface area contributed by atoms with Crippen molar-refractivity contribution in [2.45, 2.75) is 194 Å². The molecule has 0 aliphatic rings. The molecular formula is C43H66O14. The Bertz CT molecular complexity index is 1360. The lowest BCUT2D eigenvalue weighted by molar-refractivity contribution is -0.188. The van der Waals surface area contributed by atoms with Crippen molar-refractivity contribution in [1.29, 1.82) is 0 Å². The van der Waals surface area contributed by atoms with Gasteiger partial charge in [0.05, 0.1) is 0 Å². The monoisotopic (exact) mass is 806 g/mol. The molecule has 1 aromatic rings. The van der Waals surface area contributed by atoms with Crippen molar-refractivity contribution in [2.75, 3.05) is 0 Å². The molecule has 0 saturated heterocycles. The van der Waals surface area contributed by atoms with Crippen LogP contribution in [0.4, 0.5) is 0 Å². The van der Waals surface area contributed by atoms with Crippen LogP contribution in [0.2, 0.25) is 0 Å². The molecular weight excluding hydrogens is 740 g/mol. The van der Waals surface area contributed by atoms with Gasteiger partial charge < -0.3 is 33.2 Å². The van der Waals surface area contributed by atoms with Crippen molar-refractivity contribution < 1.29 is 66.7 Å². The standard InChI is InChI=1S/C43H66O14/c1-8-9-10-11-12-13-14-15-16-17-18-19-20-21-25-28-37(44)52-31(3)39(46)54-33(5)41(48)56-35(7)43(50)57-34(6)42(49)55-32(4)40(47)53-30(2)38(45)51-29-36-26-23-22-24-27-36/h22-24,26-27,30-35H,8-21,25,28-29H2,1-7H3/t30-,31-,32-,33-,34-,35-/m0/s1. The fourth-order valence-electron chi connectivity index (χ4n) is 5.38. The Kier molecular flexibility index (Phi) is 26.3. The molecule has 322 valence electrons. The van der Waals surface area contributed by atoms with E-state index in [-0.39, 0.29) is 13.0 Å². The second-order valence-corrected chi connectivity index (χ2v) is 14.3. The van der Waals surface area contributed by atoms with Crippen LogP contribution in [0.15, 0.2) is 30.3 Å². The van der Waals surface area contributed by atoms with E-state index in [1.165, 1.54) is 112 Å².